The number of nitrogens with one attached hydrogen (secondary N) is 1. The van der Waals surface area contributed by atoms with Gasteiger partial charge in [0.2, 0.25) is 0 Å². The Balaban J connectivity index is 1.65. The molecule has 0 bridgehead atoms. The van der Waals surface area contributed by atoms with Crippen molar-refractivity contribution in [2.75, 3.05) is 26.8 Å². The fourth-order valence-electron chi connectivity index (χ4n) is 3.08. The monoisotopic (exact) mass is 425 g/mol. The molecule has 2 aromatic rings. The van der Waals surface area contributed by atoms with Gasteiger partial charge in [-0.3, -0.25) is 9.59 Å². The van der Waals surface area contributed by atoms with Crippen LogP contribution in [0.3, 0.4) is 0 Å². The zero-order valence-corrected chi connectivity index (χ0v) is 17.5. The van der Waals surface area contributed by atoms with Crippen molar-refractivity contribution in [1.82, 2.24) is 10.2 Å². The van der Waals surface area contributed by atoms with Crippen molar-refractivity contribution < 1.29 is 19.1 Å². The summed E-state index contributed by atoms with van der Waals surface area (Å²) < 4.78 is 11.0. The molecule has 1 aliphatic rings. The fraction of sp³-hybridized carbons (Fsp3) is 0.318. The number of methoxy groups -OCH3 is 1. The largest absolute Gasteiger partial charge is 0.493 e. The second-order valence-corrected chi connectivity index (χ2v) is 7.75. The Bertz CT molecular complexity index is 957. The zero-order chi connectivity index (χ0) is 21.3. The van der Waals surface area contributed by atoms with Crippen molar-refractivity contribution in [2.24, 2.45) is 0 Å². The molecule has 0 aliphatic carbocycles. The van der Waals surface area contributed by atoms with E-state index in [-0.39, 0.29) is 18.1 Å². The zero-order valence-electron chi connectivity index (χ0n) is 16.7. The number of ether oxygens (including phenoxy) is 2. The molecule has 1 N–H and O–H groups in total. The van der Waals surface area contributed by atoms with Crippen molar-refractivity contribution in [1.29, 1.82) is 5.26 Å². The minimum Gasteiger partial charge on any atom is -0.493 e. The van der Waals surface area contributed by atoms with Crippen LogP contribution in [0.2, 0.25) is 0 Å². The highest BCUT2D eigenvalue weighted by Crippen LogP contribution is 2.29. The number of thiophene rings is 1. The van der Waals surface area contributed by atoms with Gasteiger partial charge < -0.3 is 19.7 Å². The van der Waals surface area contributed by atoms with E-state index in [1.807, 2.05) is 23.6 Å². The second kappa shape index (κ2) is 10.5. The molecule has 1 saturated heterocycles. The first-order valence-electron chi connectivity index (χ1n) is 9.61. The first-order valence-corrected chi connectivity index (χ1v) is 10.5. The highest BCUT2D eigenvalue weighted by Gasteiger charge is 2.19. The first-order chi connectivity index (χ1) is 14.6. The van der Waals surface area contributed by atoms with Gasteiger partial charge in [0.15, 0.2) is 18.1 Å². The molecule has 0 unspecified atom stereocenters. The molecule has 1 aromatic carbocycles. The lowest BCUT2D eigenvalue weighted by Crippen LogP contribution is -2.32. The van der Waals surface area contributed by atoms with Gasteiger partial charge in [0.1, 0.15) is 11.6 Å². The number of nitrogens with zero attached hydrogens (tertiary/aromatic N) is 2. The Hall–Kier alpha value is -3.31. The van der Waals surface area contributed by atoms with Gasteiger partial charge in [-0.25, -0.2) is 0 Å². The molecule has 0 saturated carbocycles. The number of hydrogen-bond donors (Lipinski definition) is 1. The molecule has 0 atom stereocenters. The number of amides is 2. The number of benzene rings is 1. The molecule has 1 aliphatic heterocycles. The van der Waals surface area contributed by atoms with Crippen LogP contribution in [-0.4, -0.2) is 43.5 Å². The summed E-state index contributed by atoms with van der Waals surface area (Å²) in [5, 5.41) is 14.0. The molecule has 2 heterocycles. The molecule has 0 spiro atoms. The molecule has 3 rings (SSSR count). The van der Waals surface area contributed by atoms with E-state index in [2.05, 4.69) is 5.32 Å². The van der Waals surface area contributed by atoms with Gasteiger partial charge >= 0.3 is 0 Å². The lowest BCUT2D eigenvalue weighted by atomic mass is 10.1. The van der Waals surface area contributed by atoms with Gasteiger partial charge in [-0.1, -0.05) is 12.1 Å². The maximum Gasteiger partial charge on any atom is 0.262 e. The highest BCUT2D eigenvalue weighted by atomic mass is 32.1. The maximum absolute atomic E-state index is 12.3. The summed E-state index contributed by atoms with van der Waals surface area (Å²) in [6.45, 7) is 1.86. The van der Waals surface area contributed by atoms with Gasteiger partial charge in [0.25, 0.3) is 11.8 Å². The Morgan fingerprint density at radius 1 is 1.27 bits per heavy atom. The van der Waals surface area contributed by atoms with E-state index in [4.69, 9.17) is 9.47 Å². The average Bonchev–Trinajstić information content (AvgIpc) is 3.48. The van der Waals surface area contributed by atoms with Crippen LogP contribution in [0.15, 0.2) is 41.3 Å². The summed E-state index contributed by atoms with van der Waals surface area (Å²) in [6, 6.07) is 10.8. The van der Waals surface area contributed by atoms with Crippen molar-refractivity contribution in [2.45, 2.75) is 19.4 Å². The van der Waals surface area contributed by atoms with E-state index in [9.17, 15) is 14.9 Å². The SMILES string of the molecule is COc1cc(/C=C(\C#N)C(=O)NCc2cccs2)ccc1OCC(=O)N1CCCC1. The topological polar surface area (TPSA) is 91.7 Å². The van der Waals surface area contributed by atoms with E-state index >= 15 is 0 Å². The van der Waals surface area contributed by atoms with Crippen LogP contribution >= 0.6 is 11.3 Å². The van der Waals surface area contributed by atoms with E-state index in [0.29, 0.717) is 23.6 Å². The number of carbonyl (C=O) groups is 2. The predicted octanol–water partition coefficient (Wildman–Crippen LogP) is 2.98. The Morgan fingerprint density at radius 3 is 2.73 bits per heavy atom. The molecular formula is C22H23N3O4S. The quantitative estimate of drug-likeness (QED) is 0.519. The van der Waals surface area contributed by atoms with Crippen LogP contribution in [0.5, 0.6) is 11.5 Å². The summed E-state index contributed by atoms with van der Waals surface area (Å²) >= 11 is 1.53. The molecule has 2 amide bonds. The predicted molar refractivity (Wildman–Crippen MR) is 114 cm³/mol. The fourth-order valence-corrected chi connectivity index (χ4v) is 3.73. The van der Waals surface area contributed by atoms with Crippen molar-refractivity contribution >= 4 is 29.2 Å². The third kappa shape index (κ3) is 5.61. The Kier molecular flexibility index (Phi) is 7.46. The molecule has 8 heteroatoms. The summed E-state index contributed by atoms with van der Waals surface area (Å²) in [6.07, 6.45) is 3.54. The van der Waals surface area contributed by atoms with Crippen LogP contribution in [0, 0.1) is 11.3 Å². The molecule has 7 nitrogen and oxygen atoms in total. The average molecular weight is 426 g/mol. The van der Waals surface area contributed by atoms with Crippen molar-refractivity contribution in [3.63, 3.8) is 0 Å². The third-order valence-corrected chi connectivity index (χ3v) is 5.55. The van der Waals surface area contributed by atoms with Crippen molar-refractivity contribution in [3.8, 4) is 17.6 Å². The smallest absolute Gasteiger partial charge is 0.262 e. The summed E-state index contributed by atoms with van der Waals surface area (Å²) in [7, 11) is 1.50. The third-order valence-electron chi connectivity index (χ3n) is 4.68. The number of rotatable bonds is 8. The highest BCUT2D eigenvalue weighted by molar-refractivity contribution is 7.09. The Morgan fingerprint density at radius 2 is 2.07 bits per heavy atom. The number of hydrogen-bond acceptors (Lipinski definition) is 6. The van der Waals surface area contributed by atoms with Crippen molar-refractivity contribution in [3.05, 3.63) is 51.7 Å². The molecule has 30 heavy (non-hydrogen) atoms. The van der Waals surface area contributed by atoms with Crippen LogP contribution in [0.4, 0.5) is 0 Å². The first kappa shape index (κ1) is 21.4. The van der Waals surface area contributed by atoms with E-state index in [0.717, 1.165) is 30.8 Å². The lowest BCUT2D eigenvalue weighted by Gasteiger charge is -2.16. The summed E-state index contributed by atoms with van der Waals surface area (Å²) in [4.78, 5) is 27.3. The van der Waals surface area contributed by atoms with E-state index in [1.54, 1.807) is 23.1 Å². The van der Waals surface area contributed by atoms with E-state index < -0.39 is 5.91 Å². The second-order valence-electron chi connectivity index (χ2n) is 6.72. The molecule has 1 fully saturated rings. The van der Waals surface area contributed by atoms with Gasteiger partial charge in [0, 0.05) is 18.0 Å². The normalized spacial score (nSPS) is 13.6. The van der Waals surface area contributed by atoms with Crippen LogP contribution in [0.1, 0.15) is 23.3 Å². The summed E-state index contributed by atoms with van der Waals surface area (Å²) in [5.41, 5.74) is 0.611. The van der Waals surface area contributed by atoms with Gasteiger partial charge in [-0.2, -0.15) is 5.26 Å². The van der Waals surface area contributed by atoms with E-state index in [1.165, 1.54) is 24.5 Å². The van der Waals surface area contributed by atoms with Crippen LogP contribution in [0.25, 0.3) is 6.08 Å². The van der Waals surface area contributed by atoms with Gasteiger partial charge in [0.05, 0.1) is 13.7 Å². The number of carbonyl (C=O) groups excluding carboxylic acids is 2. The Labute approximate surface area is 179 Å². The van der Waals surface area contributed by atoms with Crippen LogP contribution < -0.4 is 14.8 Å². The lowest BCUT2D eigenvalue weighted by molar-refractivity contribution is -0.132. The summed E-state index contributed by atoms with van der Waals surface area (Å²) in [5.74, 6) is 0.367. The molecular weight excluding hydrogens is 402 g/mol. The molecule has 0 radical (unpaired) electrons. The molecule has 156 valence electrons. The van der Waals surface area contributed by atoms with Crippen LogP contribution in [-0.2, 0) is 16.1 Å². The number of nitriles is 1. The molecule has 1 aromatic heterocycles. The maximum atomic E-state index is 12.3. The van der Waals surface area contributed by atoms with Gasteiger partial charge in [-0.05, 0) is 48.1 Å². The minimum atomic E-state index is -0.443. The standard InChI is InChI=1S/C22H23N3O4S/c1-28-20-12-16(6-7-19(20)29-15-21(26)25-8-2-3-9-25)11-17(13-23)22(27)24-14-18-5-4-10-30-18/h4-7,10-12H,2-3,8-9,14-15H2,1H3,(H,24,27)/b17-11+. The van der Waals surface area contributed by atoms with Gasteiger partial charge in [-0.15, -0.1) is 11.3 Å². The minimum absolute atomic E-state index is 0.00788. The number of likely N-dealkylation sites (tertiary alicyclic amines) is 1.